The summed E-state index contributed by atoms with van der Waals surface area (Å²) in [4.78, 5) is 5.72. The lowest BCUT2D eigenvalue weighted by Crippen LogP contribution is -2.61. The van der Waals surface area contributed by atoms with E-state index < -0.39 is 0 Å². The fourth-order valence-corrected chi connectivity index (χ4v) is 19.0. The van der Waals surface area contributed by atoms with Crippen LogP contribution in [0.2, 0.25) is 0 Å². The highest BCUT2D eigenvalue weighted by atomic mass is 32.1. The fourth-order valence-electron chi connectivity index (χ4n) is 17.7. The molecule has 1 aromatic heterocycles. The molecule has 5 aromatic carbocycles. The Bertz CT molecular complexity index is 3690. The molecule has 0 N–H and O–H groups in total. The summed E-state index contributed by atoms with van der Waals surface area (Å²) in [7, 11) is 0. The van der Waals surface area contributed by atoms with Gasteiger partial charge in [0, 0.05) is 43.5 Å². The van der Waals surface area contributed by atoms with Crippen LogP contribution in [0.15, 0.2) is 91.0 Å². The molecule has 2 nitrogen and oxygen atoms in total. The third-order valence-corrected chi connectivity index (χ3v) is 24.2. The fraction of sp³-hybridized carbons (Fsp3) is 0.514. The molecule has 0 spiro atoms. The van der Waals surface area contributed by atoms with Gasteiger partial charge in [-0.3, -0.25) is 0 Å². The highest BCUT2D eigenvalue weighted by Gasteiger charge is 2.55. The molecule has 0 amide bonds. The van der Waals surface area contributed by atoms with Gasteiger partial charge in [-0.15, -0.1) is 11.3 Å². The van der Waals surface area contributed by atoms with Crippen LogP contribution in [-0.4, -0.2) is 6.71 Å². The Kier molecular flexibility index (Phi) is 10.4. The highest BCUT2D eigenvalue weighted by molar-refractivity contribution is 7.33. The van der Waals surface area contributed by atoms with Gasteiger partial charge in [-0.25, -0.2) is 0 Å². The van der Waals surface area contributed by atoms with Crippen LogP contribution < -0.4 is 25.5 Å². The standard InChI is InChI=1S/C74H89BN2S/c1-43-21-19-20-22-46(43)61-56(26-25-49-62(61)72(15,16)32-31-68(49,7)8)77-57-40-52-51(70(11,12)29-30-71(52,13)14)39-55(57)75-63-58(35-44(36-59(63)77)66(2,3)4)76(45-23-24-48-50(37-45)69(9,10)28-27-67(48,5)6)64-47-38-53-54(41-60(47)78-65(64)75)74(18)34-33-73(53,17)42-74/h19-26,35-41,43,46H,27-34,42H2,1-18H3. The number of hydrogen-bond acceptors (Lipinski definition) is 3. The first-order valence-electron chi connectivity index (χ1n) is 30.6. The van der Waals surface area contributed by atoms with E-state index in [0.29, 0.717) is 5.92 Å². The maximum atomic E-state index is 2.88. The van der Waals surface area contributed by atoms with Gasteiger partial charge in [0.25, 0.3) is 6.71 Å². The second kappa shape index (κ2) is 15.8. The maximum Gasteiger partial charge on any atom is 0.264 e. The summed E-state index contributed by atoms with van der Waals surface area (Å²) >= 11 is 2.13. The van der Waals surface area contributed by atoms with Crippen LogP contribution in [-0.2, 0) is 48.7 Å². The maximum absolute atomic E-state index is 2.88. The molecular formula is C74H89BN2S. The topological polar surface area (TPSA) is 6.48 Å². The number of allylic oxidation sites excluding steroid dienone is 4. The van der Waals surface area contributed by atoms with Crippen molar-refractivity contribution in [1.29, 1.82) is 0 Å². The van der Waals surface area contributed by atoms with Crippen LogP contribution in [0.25, 0.3) is 10.1 Å². The van der Waals surface area contributed by atoms with Gasteiger partial charge in [0.15, 0.2) is 0 Å². The minimum atomic E-state index is -0.125. The van der Waals surface area contributed by atoms with Gasteiger partial charge in [-0.05, 0) is 228 Å². The van der Waals surface area contributed by atoms with Crippen molar-refractivity contribution in [2.45, 2.75) is 237 Å². The largest absolute Gasteiger partial charge is 0.311 e. The van der Waals surface area contributed by atoms with Crippen LogP contribution in [0, 0.1) is 5.92 Å². The van der Waals surface area contributed by atoms with Crippen molar-refractivity contribution in [1.82, 2.24) is 0 Å². The Labute approximate surface area is 474 Å². The van der Waals surface area contributed by atoms with Gasteiger partial charge in [-0.2, -0.15) is 0 Å². The van der Waals surface area contributed by atoms with Gasteiger partial charge in [0.1, 0.15) is 0 Å². The lowest BCUT2D eigenvalue weighted by atomic mass is 9.35. The average molecular weight is 1050 g/mol. The molecule has 2 aliphatic heterocycles. The molecular weight excluding hydrogens is 960 g/mol. The Balaban J connectivity index is 1.16. The number of nitrogens with zero attached hydrogens (tertiary/aromatic N) is 2. The zero-order valence-corrected chi connectivity index (χ0v) is 51.9. The summed E-state index contributed by atoms with van der Waals surface area (Å²) in [5.74, 6) is 0.589. The van der Waals surface area contributed by atoms with Gasteiger partial charge in [-0.1, -0.05) is 167 Å². The third-order valence-electron chi connectivity index (χ3n) is 23.0. The van der Waals surface area contributed by atoms with E-state index in [4.69, 9.17) is 0 Å². The van der Waals surface area contributed by atoms with Crippen molar-refractivity contribution in [3.63, 3.8) is 0 Å². The molecule has 8 aliphatic rings. The zero-order chi connectivity index (χ0) is 55.2. The summed E-state index contributed by atoms with van der Waals surface area (Å²) in [5, 5.41) is 1.45. The van der Waals surface area contributed by atoms with E-state index in [1.165, 1.54) is 146 Å². The minimum Gasteiger partial charge on any atom is -0.311 e. The summed E-state index contributed by atoms with van der Waals surface area (Å²) in [5.41, 5.74) is 27.3. The molecule has 4 unspecified atom stereocenters. The predicted molar refractivity (Wildman–Crippen MR) is 339 cm³/mol. The first kappa shape index (κ1) is 51.4. The van der Waals surface area contributed by atoms with Crippen LogP contribution in [0.3, 0.4) is 0 Å². The summed E-state index contributed by atoms with van der Waals surface area (Å²) in [6, 6.07) is 29.3. The van der Waals surface area contributed by atoms with Crippen molar-refractivity contribution >= 4 is 78.0 Å². The van der Waals surface area contributed by atoms with Crippen LogP contribution in [0.5, 0.6) is 0 Å². The molecule has 1 fully saturated rings. The van der Waals surface area contributed by atoms with E-state index in [0.717, 1.165) is 0 Å². The van der Waals surface area contributed by atoms with Crippen molar-refractivity contribution in [3.05, 3.63) is 147 Å². The first-order chi connectivity index (χ1) is 36.4. The molecule has 2 bridgehead atoms. The molecule has 78 heavy (non-hydrogen) atoms. The molecule has 4 atom stereocenters. The zero-order valence-electron chi connectivity index (χ0n) is 51.1. The molecule has 404 valence electrons. The normalized spacial score (nSPS) is 27.4. The molecule has 6 aliphatic carbocycles. The molecule has 0 saturated heterocycles. The number of hydrogen-bond donors (Lipinski definition) is 0. The monoisotopic (exact) mass is 1050 g/mol. The SMILES string of the molecule is CC1C=CC=CC1c1c(N2c3cc4c(cc3B3c5sc6cc7c(cc6c5N(c5ccc6c(c5)C(C)(C)CCC6(C)C)c5cc(C(C)(C)C)cc2c53)C2(C)CCC7(C)C2)C(C)(C)CCC4(C)C)ccc2c1C(C)(C)CCC2(C)C. The quantitative estimate of drug-likeness (QED) is 0.163. The van der Waals surface area contributed by atoms with Crippen LogP contribution in [0.1, 0.15) is 244 Å². The van der Waals surface area contributed by atoms with E-state index in [9.17, 15) is 0 Å². The molecule has 4 heteroatoms. The van der Waals surface area contributed by atoms with E-state index in [1.807, 2.05) is 0 Å². The molecule has 14 rings (SSSR count). The van der Waals surface area contributed by atoms with Crippen LogP contribution in [0.4, 0.5) is 34.1 Å². The number of thiophene rings is 1. The molecule has 3 heterocycles. The Morgan fingerprint density at radius 2 is 1.04 bits per heavy atom. The Hall–Kier alpha value is -4.80. The van der Waals surface area contributed by atoms with Crippen molar-refractivity contribution in [2.75, 3.05) is 9.80 Å². The summed E-state index contributed by atoms with van der Waals surface area (Å²) < 4.78 is 2.98. The van der Waals surface area contributed by atoms with E-state index in [-0.39, 0.29) is 61.4 Å². The summed E-state index contributed by atoms with van der Waals surface area (Å²) in [6.07, 6.45) is 20.7. The van der Waals surface area contributed by atoms with E-state index >= 15 is 0 Å². The Morgan fingerprint density at radius 3 is 1.67 bits per heavy atom. The van der Waals surface area contributed by atoms with Crippen molar-refractivity contribution in [3.8, 4) is 0 Å². The van der Waals surface area contributed by atoms with Gasteiger partial charge >= 0.3 is 0 Å². The number of fused-ring (bicyclic) bond motifs is 14. The van der Waals surface area contributed by atoms with Crippen molar-refractivity contribution in [2.24, 2.45) is 5.92 Å². The van der Waals surface area contributed by atoms with Gasteiger partial charge < -0.3 is 9.80 Å². The van der Waals surface area contributed by atoms with E-state index in [1.54, 1.807) is 27.8 Å². The predicted octanol–water partition coefficient (Wildman–Crippen LogP) is 18.9. The average Bonchev–Trinajstić information content (AvgIpc) is 2.07. The molecule has 0 radical (unpaired) electrons. The third kappa shape index (κ3) is 6.98. The van der Waals surface area contributed by atoms with Crippen molar-refractivity contribution < 1.29 is 0 Å². The lowest BCUT2D eigenvalue weighted by Gasteiger charge is -2.49. The number of benzene rings is 5. The van der Waals surface area contributed by atoms with Crippen LogP contribution >= 0.6 is 11.3 Å². The second-order valence-electron chi connectivity index (χ2n) is 32.4. The smallest absolute Gasteiger partial charge is 0.264 e. The van der Waals surface area contributed by atoms with E-state index in [2.05, 4.69) is 237 Å². The Morgan fingerprint density at radius 1 is 0.500 bits per heavy atom. The van der Waals surface area contributed by atoms with Gasteiger partial charge in [0.05, 0.1) is 11.4 Å². The minimum absolute atomic E-state index is 0.00604. The molecule has 1 saturated carbocycles. The highest BCUT2D eigenvalue weighted by Crippen LogP contribution is 2.63. The number of anilines is 6. The van der Waals surface area contributed by atoms with Gasteiger partial charge in [0.2, 0.25) is 0 Å². The second-order valence-corrected chi connectivity index (χ2v) is 33.4. The first-order valence-corrected chi connectivity index (χ1v) is 31.4. The summed E-state index contributed by atoms with van der Waals surface area (Å²) in [6.45, 7) is 45.4. The number of rotatable bonds is 3. The molecule has 6 aromatic rings. The lowest BCUT2D eigenvalue weighted by molar-refractivity contribution is 0.328.